The zero-order valence-electron chi connectivity index (χ0n) is 7.27. The number of aliphatic hydroxyl groups is 1. The molecule has 0 aromatic carbocycles. The third-order valence-corrected chi connectivity index (χ3v) is 2.48. The van der Waals surface area contributed by atoms with E-state index in [2.05, 4.69) is 19.9 Å². The van der Waals surface area contributed by atoms with Gasteiger partial charge in [0.05, 0.1) is 6.61 Å². The predicted octanol–water partition coefficient (Wildman–Crippen LogP) is 0.0195. The van der Waals surface area contributed by atoms with Gasteiger partial charge in [-0.15, -0.1) is 0 Å². The number of aromatic amines is 1. The molecule has 0 bridgehead atoms. The zero-order chi connectivity index (χ0) is 9.97. The summed E-state index contributed by atoms with van der Waals surface area (Å²) < 4.78 is 0. The van der Waals surface area contributed by atoms with E-state index in [1.807, 2.05) is 0 Å². The number of H-pyrrole nitrogens is 1. The number of rotatable bonds is 3. The second-order valence-electron chi connectivity index (χ2n) is 2.57. The number of fused-ring (bicyclic) bond motifs is 1. The summed E-state index contributed by atoms with van der Waals surface area (Å²) in [5, 5.41) is 9.34. The van der Waals surface area contributed by atoms with Crippen LogP contribution in [0.1, 0.15) is 0 Å². The fraction of sp³-hybridized carbons (Fsp3) is 0.286. The lowest BCUT2D eigenvalue weighted by Crippen LogP contribution is -1.91. The molecule has 6 nitrogen and oxygen atoms in total. The maximum absolute atomic E-state index is 8.64. The van der Waals surface area contributed by atoms with E-state index >= 15 is 0 Å². The average Bonchev–Trinajstić information content (AvgIpc) is 2.59. The molecule has 7 heteroatoms. The van der Waals surface area contributed by atoms with E-state index in [1.165, 1.54) is 18.1 Å². The van der Waals surface area contributed by atoms with Crippen LogP contribution >= 0.6 is 11.8 Å². The minimum absolute atomic E-state index is 0.114. The average molecular weight is 211 g/mol. The summed E-state index contributed by atoms with van der Waals surface area (Å²) in [5.41, 5.74) is 6.82. The Hall–Kier alpha value is -1.34. The summed E-state index contributed by atoms with van der Waals surface area (Å²) >= 11 is 1.41. The number of aliphatic hydroxyl groups excluding tert-OH is 1. The van der Waals surface area contributed by atoms with Crippen LogP contribution in [0.5, 0.6) is 0 Å². The highest BCUT2D eigenvalue weighted by Crippen LogP contribution is 2.19. The molecule has 0 radical (unpaired) electrons. The molecule has 0 amide bonds. The van der Waals surface area contributed by atoms with Crippen molar-refractivity contribution in [1.29, 1.82) is 0 Å². The van der Waals surface area contributed by atoms with Crippen molar-refractivity contribution < 1.29 is 5.11 Å². The fourth-order valence-corrected chi connectivity index (χ4v) is 1.65. The van der Waals surface area contributed by atoms with Crippen LogP contribution in [0.4, 0.5) is 5.82 Å². The van der Waals surface area contributed by atoms with Crippen LogP contribution in [0, 0.1) is 0 Å². The van der Waals surface area contributed by atoms with E-state index in [0.29, 0.717) is 27.9 Å². The van der Waals surface area contributed by atoms with Crippen molar-refractivity contribution >= 4 is 28.7 Å². The van der Waals surface area contributed by atoms with E-state index in [9.17, 15) is 0 Å². The Morgan fingerprint density at radius 3 is 3.07 bits per heavy atom. The van der Waals surface area contributed by atoms with Gasteiger partial charge in [0.2, 0.25) is 0 Å². The lowest BCUT2D eigenvalue weighted by molar-refractivity contribution is 0.322. The lowest BCUT2D eigenvalue weighted by atomic mass is 10.5. The van der Waals surface area contributed by atoms with Gasteiger partial charge in [-0.1, -0.05) is 11.8 Å². The normalized spacial score (nSPS) is 10.9. The van der Waals surface area contributed by atoms with Gasteiger partial charge in [0.15, 0.2) is 16.6 Å². The van der Waals surface area contributed by atoms with Crippen LogP contribution in [0.15, 0.2) is 11.5 Å². The van der Waals surface area contributed by atoms with Gasteiger partial charge in [0.25, 0.3) is 0 Å². The van der Waals surface area contributed by atoms with Crippen LogP contribution < -0.4 is 5.73 Å². The molecule has 4 N–H and O–H groups in total. The molecule has 74 valence electrons. The van der Waals surface area contributed by atoms with Crippen molar-refractivity contribution in [3.05, 3.63) is 6.33 Å². The molecular weight excluding hydrogens is 202 g/mol. The molecule has 2 rings (SSSR count). The highest BCUT2D eigenvalue weighted by atomic mass is 32.2. The smallest absolute Gasteiger partial charge is 0.183 e. The maximum atomic E-state index is 8.64. The lowest BCUT2D eigenvalue weighted by Gasteiger charge is -1.91. The van der Waals surface area contributed by atoms with Gasteiger partial charge >= 0.3 is 0 Å². The molecule has 0 aliphatic rings. The number of hydrogen-bond acceptors (Lipinski definition) is 6. The van der Waals surface area contributed by atoms with Crippen molar-refractivity contribution in [3.8, 4) is 0 Å². The van der Waals surface area contributed by atoms with Crippen LogP contribution in [0.25, 0.3) is 11.2 Å². The number of nitrogens with two attached hydrogens (primary N) is 1. The molecule has 0 spiro atoms. The van der Waals surface area contributed by atoms with Crippen LogP contribution in [0.3, 0.4) is 0 Å². The molecule has 0 aliphatic carbocycles. The van der Waals surface area contributed by atoms with E-state index < -0.39 is 0 Å². The van der Waals surface area contributed by atoms with E-state index in [1.54, 1.807) is 0 Å². The van der Waals surface area contributed by atoms with Gasteiger partial charge in [-0.3, -0.25) is 0 Å². The highest BCUT2D eigenvalue weighted by Gasteiger charge is 2.06. The van der Waals surface area contributed by atoms with Gasteiger partial charge in [-0.2, -0.15) is 0 Å². The van der Waals surface area contributed by atoms with Crippen molar-refractivity contribution in [2.24, 2.45) is 0 Å². The van der Waals surface area contributed by atoms with Crippen LogP contribution in [-0.2, 0) is 0 Å². The molecule has 0 atom stereocenters. The zero-order valence-corrected chi connectivity index (χ0v) is 8.08. The first kappa shape index (κ1) is 9.22. The predicted molar refractivity (Wildman–Crippen MR) is 53.9 cm³/mol. The summed E-state index contributed by atoms with van der Waals surface area (Å²) in [6.45, 7) is 0.114. The standard InChI is InChI=1S/C7H9N5OS/c8-5-4-6(10-3-9-5)12-7(11-4)14-2-1-13/h3,13H,1-2H2,(H3,8,9,10,11,12). The first-order chi connectivity index (χ1) is 6.81. The number of imidazole rings is 1. The SMILES string of the molecule is Nc1ncnc2nc(SCCO)[nH]c12. The summed E-state index contributed by atoms with van der Waals surface area (Å²) in [4.78, 5) is 15.0. The Morgan fingerprint density at radius 2 is 2.36 bits per heavy atom. The van der Waals surface area contributed by atoms with Crippen molar-refractivity contribution in [2.45, 2.75) is 5.16 Å². The number of anilines is 1. The molecule has 2 aromatic heterocycles. The minimum Gasteiger partial charge on any atom is -0.396 e. The fourth-order valence-electron chi connectivity index (χ4n) is 1.04. The number of hydrogen-bond donors (Lipinski definition) is 3. The second kappa shape index (κ2) is 3.81. The Labute approximate surface area is 84.0 Å². The van der Waals surface area contributed by atoms with Gasteiger partial charge in [0, 0.05) is 5.75 Å². The highest BCUT2D eigenvalue weighted by molar-refractivity contribution is 7.99. The van der Waals surface area contributed by atoms with Gasteiger partial charge < -0.3 is 15.8 Å². The summed E-state index contributed by atoms with van der Waals surface area (Å²) in [6, 6.07) is 0. The Morgan fingerprint density at radius 1 is 1.50 bits per heavy atom. The molecule has 14 heavy (non-hydrogen) atoms. The molecule has 2 aromatic rings. The van der Waals surface area contributed by atoms with E-state index in [-0.39, 0.29) is 6.61 Å². The summed E-state index contributed by atoms with van der Waals surface area (Å²) in [7, 11) is 0. The van der Waals surface area contributed by atoms with Crippen molar-refractivity contribution in [3.63, 3.8) is 0 Å². The third-order valence-electron chi connectivity index (χ3n) is 1.63. The molecule has 0 saturated heterocycles. The Balaban J connectivity index is 2.36. The molecule has 2 heterocycles. The molecule has 0 aliphatic heterocycles. The van der Waals surface area contributed by atoms with Crippen molar-refractivity contribution in [1.82, 2.24) is 19.9 Å². The maximum Gasteiger partial charge on any atom is 0.183 e. The topological polar surface area (TPSA) is 101 Å². The molecule has 0 fully saturated rings. The summed E-state index contributed by atoms with van der Waals surface area (Å²) in [5.74, 6) is 0.978. The molecule has 0 unspecified atom stereocenters. The first-order valence-corrected chi connectivity index (χ1v) is 4.99. The monoisotopic (exact) mass is 211 g/mol. The second-order valence-corrected chi connectivity index (χ2v) is 3.66. The van der Waals surface area contributed by atoms with E-state index in [4.69, 9.17) is 10.8 Å². The third kappa shape index (κ3) is 1.64. The van der Waals surface area contributed by atoms with E-state index in [0.717, 1.165) is 0 Å². The largest absolute Gasteiger partial charge is 0.396 e. The number of nitrogen functional groups attached to an aromatic ring is 1. The molecule has 0 saturated carbocycles. The van der Waals surface area contributed by atoms with Gasteiger partial charge in [0.1, 0.15) is 11.8 Å². The number of thioether (sulfide) groups is 1. The first-order valence-electron chi connectivity index (χ1n) is 4.01. The number of nitrogens with zero attached hydrogens (tertiary/aromatic N) is 3. The molecular formula is C7H9N5OS. The Kier molecular flexibility index (Phi) is 2.51. The van der Waals surface area contributed by atoms with Crippen LogP contribution in [-0.4, -0.2) is 37.4 Å². The quantitative estimate of drug-likeness (QED) is 0.619. The minimum atomic E-state index is 0.114. The van der Waals surface area contributed by atoms with Gasteiger partial charge in [-0.25, -0.2) is 15.0 Å². The van der Waals surface area contributed by atoms with Crippen molar-refractivity contribution in [2.75, 3.05) is 18.1 Å². The Bertz CT molecular complexity index is 443. The summed E-state index contributed by atoms with van der Waals surface area (Å²) in [6.07, 6.45) is 1.37. The number of aromatic nitrogens is 4. The number of nitrogens with one attached hydrogen (secondary N) is 1. The van der Waals surface area contributed by atoms with Crippen LogP contribution in [0.2, 0.25) is 0 Å². The van der Waals surface area contributed by atoms with Gasteiger partial charge in [-0.05, 0) is 0 Å².